The molecule has 9 heteroatoms. The Labute approximate surface area is 147 Å². The molecule has 0 radical (unpaired) electrons. The number of fused-ring (bicyclic) bond motifs is 1. The number of halogens is 2. The quantitative estimate of drug-likeness (QED) is 0.858. The first-order chi connectivity index (χ1) is 12.2. The maximum Gasteiger partial charge on any atom is 0.296 e. The predicted molar refractivity (Wildman–Crippen MR) is 86.7 cm³/mol. The van der Waals surface area contributed by atoms with E-state index in [1.807, 2.05) is 0 Å². The van der Waals surface area contributed by atoms with E-state index < -0.39 is 40.1 Å². The number of rotatable bonds is 3. The maximum atomic E-state index is 13.2. The standard InChI is InChI=1S/C17H17F2N3O4/c1-17(2)16-21-12(13(23)15(25)22(16)3-4-26-17)14(24)20-8-9-5-10(18)7-11(19)6-9/h5-7,23H,3-4,8H2,1-2H3,(H,20,24). The van der Waals surface area contributed by atoms with Crippen molar-refractivity contribution >= 4 is 5.91 Å². The zero-order valence-electron chi connectivity index (χ0n) is 14.2. The monoisotopic (exact) mass is 365 g/mol. The molecule has 0 atom stereocenters. The van der Waals surface area contributed by atoms with Gasteiger partial charge in [0.15, 0.2) is 5.69 Å². The molecule has 138 valence electrons. The van der Waals surface area contributed by atoms with Crippen molar-refractivity contribution in [2.24, 2.45) is 0 Å². The molecule has 0 fully saturated rings. The number of nitrogens with one attached hydrogen (secondary N) is 1. The lowest BCUT2D eigenvalue weighted by Gasteiger charge is -2.32. The normalized spacial score (nSPS) is 15.4. The molecule has 2 aromatic rings. The van der Waals surface area contributed by atoms with Crippen LogP contribution in [0.3, 0.4) is 0 Å². The molecule has 1 aliphatic heterocycles. The molecular formula is C17H17F2N3O4. The minimum atomic E-state index is -0.911. The van der Waals surface area contributed by atoms with Crippen LogP contribution in [0.25, 0.3) is 0 Å². The van der Waals surface area contributed by atoms with Crippen LogP contribution >= 0.6 is 0 Å². The lowest BCUT2D eigenvalue weighted by molar-refractivity contribution is -0.0566. The van der Waals surface area contributed by atoms with Gasteiger partial charge in [0.25, 0.3) is 11.5 Å². The minimum Gasteiger partial charge on any atom is -0.501 e. The molecule has 1 aliphatic rings. The Balaban J connectivity index is 1.90. The fourth-order valence-electron chi connectivity index (χ4n) is 2.81. The highest BCUT2D eigenvalue weighted by molar-refractivity contribution is 5.94. The molecule has 0 bridgehead atoms. The molecule has 26 heavy (non-hydrogen) atoms. The number of carbonyl (C=O) groups excluding carboxylic acids is 1. The van der Waals surface area contributed by atoms with Gasteiger partial charge < -0.3 is 15.2 Å². The van der Waals surface area contributed by atoms with E-state index in [2.05, 4.69) is 10.3 Å². The zero-order chi connectivity index (χ0) is 19.1. The molecule has 1 amide bonds. The smallest absolute Gasteiger partial charge is 0.296 e. The lowest BCUT2D eigenvalue weighted by atomic mass is 10.1. The van der Waals surface area contributed by atoms with E-state index in [1.54, 1.807) is 13.8 Å². The molecule has 2 heterocycles. The van der Waals surface area contributed by atoms with Crippen molar-refractivity contribution in [3.63, 3.8) is 0 Å². The molecular weight excluding hydrogens is 348 g/mol. The first-order valence-corrected chi connectivity index (χ1v) is 7.90. The molecule has 0 unspecified atom stereocenters. The Bertz CT molecular complexity index is 920. The summed E-state index contributed by atoms with van der Waals surface area (Å²) in [5.41, 5.74) is -1.93. The lowest BCUT2D eigenvalue weighted by Crippen LogP contribution is -2.42. The Hall–Kier alpha value is -2.81. The highest BCUT2D eigenvalue weighted by atomic mass is 19.1. The molecule has 1 aromatic carbocycles. The van der Waals surface area contributed by atoms with Crippen molar-refractivity contribution in [1.82, 2.24) is 14.9 Å². The van der Waals surface area contributed by atoms with Crippen LogP contribution in [-0.2, 0) is 23.4 Å². The SMILES string of the molecule is CC1(C)OCCn2c1nc(C(=O)NCc1cc(F)cc(F)c1)c(O)c2=O. The Morgan fingerprint density at radius 3 is 2.65 bits per heavy atom. The Morgan fingerprint density at radius 2 is 2.00 bits per heavy atom. The third kappa shape index (κ3) is 3.30. The third-order valence-corrected chi connectivity index (χ3v) is 4.05. The number of hydrogen-bond acceptors (Lipinski definition) is 5. The van der Waals surface area contributed by atoms with Gasteiger partial charge >= 0.3 is 0 Å². The van der Waals surface area contributed by atoms with Gasteiger partial charge in [-0.1, -0.05) is 0 Å². The van der Waals surface area contributed by atoms with Crippen LogP contribution in [0, 0.1) is 11.6 Å². The molecule has 0 saturated heterocycles. The second-order valence-electron chi connectivity index (χ2n) is 6.41. The number of amides is 1. The van der Waals surface area contributed by atoms with Crippen LogP contribution in [0.2, 0.25) is 0 Å². The number of aromatic hydroxyl groups is 1. The summed E-state index contributed by atoms with van der Waals surface area (Å²) < 4.78 is 33.2. The highest BCUT2D eigenvalue weighted by Gasteiger charge is 2.34. The van der Waals surface area contributed by atoms with Crippen molar-refractivity contribution < 1.29 is 23.4 Å². The maximum absolute atomic E-state index is 13.2. The predicted octanol–water partition coefficient (Wildman–Crippen LogP) is 1.42. The van der Waals surface area contributed by atoms with Gasteiger partial charge in [0.05, 0.1) is 13.2 Å². The van der Waals surface area contributed by atoms with E-state index in [0.717, 1.165) is 12.1 Å². The highest BCUT2D eigenvalue weighted by Crippen LogP contribution is 2.27. The van der Waals surface area contributed by atoms with Gasteiger partial charge in [-0.05, 0) is 31.5 Å². The fraction of sp³-hybridized carbons (Fsp3) is 0.353. The average molecular weight is 365 g/mol. The van der Waals surface area contributed by atoms with Gasteiger partial charge in [0, 0.05) is 12.6 Å². The van der Waals surface area contributed by atoms with Crippen molar-refractivity contribution in [1.29, 1.82) is 0 Å². The second-order valence-corrected chi connectivity index (χ2v) is 6.41. The molecule has 2 N–H and O–H groups in total. The number of benzene rings is 1. The summed E-state index contributed by atoms with van der Waals surface area (Å²) in [5, 5.41) is 12.5. The Morgan fingerprint density at radius 1 is 1.35 bits per heavy atom. The van der Waals surface area contributed by atoms with E-state index in [1.165, 1.54) is 4.57 Å². The number of hydrogen-bond donors (Lipinski definition) is 2. The third-order valence-electron chi connectivity index (χ3n) is 4.05. The van der Waals surface area contributed by atoms with E-state index in [9.17, 15) is 23.5 Å². The summed E-state index contributed by atoms with van der Waals surface area (Å²) in [6.45, 7) is 3.67. The molecule has 7 nitrogen and oxygen atoms in total. The van der Waals surface area contributed by atoms with E-state index in [-0.39, 0.29) is 31.1 Å². The first kappa shape index (κ1) is 18.0. The second kappa shape index (κ2) is 6.49. The Kier molecular flexibility index (Phi) is 4.49. The fourth-order valence-corrected chi connectivity index (χ4v) is 2.81. The van der Waals surface area contributed by atoms with Crippen molar-refractivity contribution in [2.45, 2.75) is 32.5 Å². The summed E-state index contributed by atoms with van der Waals surface area (Å²) in [7, 11) is 0. The number of ether oxygens (including phenoxy) is 1. The molecule has 0 saturated carbocycles. The molecule has 3 rings (SSSR count). The van der Waals surface area contributed by atoms with E-state index >= 15 is 0 Å². The molecule has 0 aliphatic carbocycles. The number of carbonyl (C=O) groups is 1. The number of nitrogens with zero attached hydrogens (tertiary/aromatic N) is 2. The van der Waals surface area contributed by atoms with Gasteiger partial charge in [-0.25, -0.2) is 13.8 Å². The van der Waals surface area contributed by atoms with Crippen molar-refractivity contribution in [2.75, 3.05) is 6.61 Å². The van der Waals surface area contributed by atoms with Crippen LogP contribution in [0.15, 0.2) is 23.0 Å². The zero-order valence-corrected chi connectivity index (χ0v) is 14.2. The summed E-state index contributed by atoms with van der Waals surface area (Å²) in [6.07, 6.45) is 0. The summed E-state index contributed by atoms with van der Waals surface area (Å²) >= 11 is 0. The topological polar surface area (TPSA) is 93.5 Å². The van der Waals surface area contributed by atoms with Crippen LogP contribution in [0.4, 0.5) is 8.78 Å². The van der Waals surface area contributed by atoms with Crippen LogP contribution in [0.1, 0.15) is 35.7 Å². The largest absolute Gasteiger partial charge is 0.501 e. The molecule has 1 aromatic heterocycles. The van der Waals surface area contributed by atoms with Crippen LogP contribution in [-0.4, -0.2) is 27.2 Å². The average Bonchev–Trinajstić information content (AvgIpc) is 2.55. The van der Waals surface area contributed by atoms with Gasteiger partial charge in [-0.3, -0.25) is 14.2 Å². The summed E-state index contributed by atoms with van der Waals surface area (Å²) in [4.78, 5) is 28.8. The van der Waals surface area contributed by atoms with Crippen molar-refractivity contribution in [3.8, 4) is 5.75 Å². The first-order valence-electron chi connectivity index (χ1n) is 7.90. The van der Waals surface area contributed by atoms with Gasteiger partial charge in [-0.2, -0.15) is 0 Å². The van der Waals surface area contributed by atoms with Gasteiger partial charge in [0.2, 0.25) is 5.75 Å². The van der Waals surface area contributed by atoms with E-state index in [4.69, 9.17) is 4.74 Å². The summed E-state index contributed by atoms with van der Waals surface area (Å²) in [5.74, 6) is -2.96. The van der Waals surface area contributed by atoms with Crippen molar-refractivity contribution in [3.05, 3.63) is 57.3 Å². The minimum absolute atomic E-state index is 0.189. The van der Waals surface area contributed by atoms with Crippen LogP contribution in [0.5, 0.6) is 5.75 Å². The van der Waals surface area contributed by atoms with Gasteiger partial charge in [-0.15, -0.1) is 0 Å². The van der Waals surface area contributed by atoms with Gasteiger partial charge in [0.1, 0.15) is 23.1 Å². The number of aromatic nitrogens is 2. The van der Waals surface area contributed by atoms with Crippen LogP contribution < -0.4 is 10.9 Å². The summed E-state index contributed by atoms with van der Waals surface area (Å²) in [6, 6.07) is 2.84. The molecule has 0 spiro atoms. The van der Waals surface area contributed by atoms with E-state index in [0.29, 0.717) is 6.07 Å².